The van der Waals surface area contributed by atoms with Crippen molar-refractivity contribution in [2.24, 2.45) is 4.99 Å². The number of benzene rings is 1. The normalized spacial score (nSPS) is 15.2. The molecule has 0 spiro atoms. The number of hydrogen-bond acceptors (Lipinski definition) is 2. The Bertz CT molecular complexity index is 405. The molecule has 1 heterocycles. The van der Waals surface area contributed by atoms with Gasteiger partial charge in [0, 0.05) is 13.0 Å². The molecule has 1 aromatic rings. The van der Waals surface area contributed by atoms with Crippen LogP contribution in [0.5, 0.6) is 0 Å². The number of nitrogens with one attached hydrogen (secondary N) is 1. The Balaban J connectivity index is 1.89. The van der Waals surface area contributed by atoms with Crippen molar-refractivity contribution in [2.75, 3.05) is 13.1 Å². The summed E-state index contributed by atoms with van der Waals surface area (Å²) in [6.45, 7) is 3.86. The molecule has 0 radical (unpaired) electrons. The van der Waals surface area contributed by atoms with E-state index in [1.165, 1.54) is 11.1 Å². The van der Waals surface area contributed by atoms with Crippen LogP contribution < -0.4 is 5.32 Å². The molecule has 16 heavy (non-hydrogen) atoms. The van der Waals surface area contributed by atoms with Crippen molar-refractivity contribution < 1.29 is 0 Å². The van der Waals surface area contributed by atoms with E-state index in [1.807, 2.05) is 0 Å². The summed E-state index contributed by atoms with van der Waals surface area (Å²) in [5.74, 6) is 1.13. The molecule has 1 aromatic carbocycles. The molecule has 84 valence electrons. The first-order valence-corrected chi connectivity index (χ1v) is 5.82. The molecule has 0 saturated heterocycles. The van der Waals surface area contributed by atoms with E-state index in [-0.39, 0.29) is 0 Å². The number of hydrogen-bond donors (Lipinski definition) is 1. The molecule has 2 nitrogen and oxygen atoms in total. The molecular formula is C14H18N2. The van der Waals surface area contributed by atoms with Crippen molar-refractivity contribution in [3.05, 3.63) is 47.5 Å². The highest BCUT2D eigenvalue weighted by Gasteiger charge is 2.01. The van der Waals surface area contributed by atoms with Crippen LogP contribution in [0, 0.1) is 6.92 Å². The Morgan fingerprint density at radius 2 is 2.19 bits per heavy atom. The molecular weight excluding hydrogens is 196 g/mol. The summed E-state index contributed by atoms with van der Waals surface area (Å²) in [6, 6.07) is 8.68. The van der Waals surface area contributed by atoms with E-state index in [0.29, 0.717) is 0 Å². The van der Waals surface area contributed by atoms with Gasteiger partial charge in [0.2, 0.25) is 0 Å². The third-order valence-corrected chi connectivity index (χ3v) is 2.71. The number of nitrogens with zero attached hydrogens (tertiary/aromatic N) is 1. The van der Waals surface area contributed by atoms with Crippen molar-refractivity contribution >= 4 is 5.84 Å². The second kappa shape index (κ2) is 5.50. The van der Waals surface area contributed by atoms with Crippen LogP contribution in [-0.4, -0.2) is 18.9 Å². The third kappa shape index (κ3) is 3.23. The fourth-order valence-electron chi connectivity index (χ4n) is 1.85. The summed E-state index contributed by atoms with van der Waals surface area (Å²) >= 11 is 0. The summed E-state index contributed by atoms with van der Waals surface area (Å²) in [5, 5.41) is 3.33. The van der Waals surface area contributed by atoms with E-state index < -0.39 is 0 Å². The first-order chi connectivity index (χ1) is 7.84. The number of amidine groups is 1. The molecule has 0 aliphatic carbocycles. The molecule has 0 aromatic heterocycles. The van der Waals surface area contributed by atoms with E-state index >= 15 is 0 Å². The maximum Gasteiger partial charge on any atom is 0.0972 e. The van der Waals surface area contributed by atoms with Gasteiger partial charge in [-0.1, -0.05) is 42.0 Å². The van der Waals surface area contributed by atoms with Crippen molar-refractivity contribution in [2.45, 2.75) is 19.8 Å². The van der Waals surface area contributed by atoms with Gasteiger partial charge in [0.25, 0.3) is 0 Å². The van der Waals surface area contributed by atoms with Crippen LogP contribution in [0.4, 0.5) is 0 Å². The molecule has 1 aliphatic rings. The van der Waals surface area contributed by atoms with Crippen LogP contribution in [0.3, 0.4) is 0 Å². The van der Waals surface area contributed by atoms with Crippen LogP contribution in [0.1, 0.15) is 17.5 Å². The second-order valence-corrected chi connectivity index (χ2v) is 4.13. The molecule has 0 bridgehead atoms. The largest absolute Gasteiger partial charge is 0.370 e. The lowest BCUT2D eigenvalue weighted by Crippen LogP contribution is -2.23. The third-order valence-electron chi connectivity index (χ3n) is 2.71. The number of rotatable bonds is 3. The predicted octanol–water partition coefficient (Wildman–Crippen LogP) is 2.49. The fraction of sp³-hybridized carbons (Fsp3) is 0.357. The van der Waals surface area contributed by atoms with Crippen LogP contribution in [0.15, 0.2) is 41.4 Å². The quantitative estimate of drug-likeness (QED) is 0.768. The Hall–Kier alpha value is -1.57. The minimum Gasteiger partial charge on any atom is -0.370 e. The van der Waals surface area contributed by atoms with E-state index in [4.69, 9.17) is 0 Å². The summed E-state index contributed by atoms with van der Waals surface area (Å²) in [7, 11) is 0. The predicted molar refractivity (Wildman–Crippen MR) is 68.9 cm³/mol. The van der Waals surface area contributed by atoms with E-state index in [1.54, 1.807) is 0 Å². The van der Waals surface area contributed by atoms with Gasteiger partial charge < -0.3 is 5.32 Å². The van der Waals surface area contributed by atoms with E-state index in [0.717, 1.165) is 31.8 Å². The van der Waals surface area contributed by atoms with Gasteiger partial charge in [0.15, 0.2) is 0 Å². The van der Waals surface area contributed by atoms with Gasteiger partial charge >= 0.3 is 0 Å². The van der Waals surface area contributed by atoms with Gasteiger partial charge in [0.1, 0.15) is 0 Å². The zero-order valence-corrected chi connectivity index (χ0v) is 9.74. The van der Waals surface area contributed by atoms with Crippen LogP contribution in [0.2, 0.25) is 0 Å². The van der Waals surface area contributed by atoms with Gasteiger partial charge in [0.05, 0.1) is 12.4 Å². The molecule has 1 aliphatic heterocycles. The summed E-state index contributed by atoms with van der Waals surface area (Å²) in [6.07, 6.45) is 6.30. The van der Waals surface area contributed by atoms with Gasteiger partial charge in [-0.3, -0.25) is 4.99 Å². The lowest BCUT2D eigenvalue weighted by molar-refractivity contribution is 0.936. The lowest BCUT2D eigenvalue weighted by Gasteiger charge is -2.07. The molecule has 0 saturated carbocycles. The summed E-state index contributed by atoms with van der Waals surface area (Å²) in [4.78, 5) is 4.48. The Kier molecular flexibility index (Phi) is 3.76. The van der Waals surface area contributed by atoms with Crippen LogP contribution >= 0.6 is 0 Å². The highest BCUT2D eigenvalue weighted by molar-refractivity contribution is 5.82. The van der Waals surface area contributed by atoms with Crippen LogP contribution in [-0.2, 0) is 6.42 Å². The van der Waals surface area contributed by atoms with Crippen molar-refractivity contribution in [3.8, 4) is 0 Å². The molecule has 0 fully saturated rings. The minimum absolute atomic E-state index is 0.816. The minimum atomic E-state index is 0.816. The van der Waals surface area contributed by atoms with Gasteiger partial charge in [-0.2, -0.15) is 0 Å². The summed E-state index contributed by atoms with van der Waals surface area (Å²) < 4.78 is 0. The maximum atomic E-state index is 4.48. The van der Waals surface area contributed by atoms with E-state index in [9.17, 15) is 0 Å². The number of aryl methyl sites for hydroxylation is 2. The molecule has 2 rings (SSSR count). The monoisotopic (exact) mass is 214 g/mol. The van der Waals surface area contributed by atoms with Crippen molar-refractivity contribution in [3.63, 3.8) is 0 Å². The summed E-state index contributed by atoms with van der Waals surface area (Å²) in [5.41, 5.74) is 2.72. The molecule has 1 N–H and O–H groups in total. The molecule has 0 amide bonds. The highest BCUT2D eigenvalue weighted by Crippen LogP contribution is 2.07. The first kappa shape index (κ1) is 10.9. The maximum absolute atomic E-state index is 4.48. The topological polar surface area (TPSA) is 24.4 Å². The first-order valence-electron chi connectivity index (χ1n) is 5.82. The molecule has 0 atom stereocenters. The average molecular weight is 214 g/mol. The van der Waals surface area contributed by atoms with Crippen molar-refractivity contribution in [1.82, 2.24) is 5.32 Å². The smallest absolute Gasteiger partial charge is 0.0972 e. The zero-order valence-electron chi connectivity index (χ0n) is 9.74. The van der Waals surface area contributed by atoms with Gasteiger partial charge in [-0.05, 0) is 18.9 Å². The van der Waals surface area contributed by atoms with Crippen molar-refractivity contribution in [1.29, 1.82) is 0 Å². The van der Waals surface area contributed by atoms with E-state index in [2.05, 4.69) is 53.7 Å². The standard InChI is InChI=1S/C14H18N2/c1-12-5-4-6-13(11-12)7-8-14-15-9-2-3-10-16-14/h2-6,11H,7-10H2,1H3,(H,15,16). The Labute approximate surface area is 97.1 Å². The Morgan fingerprint density at radius 3 is 3.06 bits per heavy atom. The fourth-order valence-corrected chi connectivity index (χ4v) is 1.85. The molecule has 0 unspecified atom stereocenters. The average Bonchev–Trinajstić information content (AvgIpc) is 2.55. The van der Waals surface area contributed by atoms with Gasteiger partial charge in [-0.15, -0.1) is 0 Å². The zero-order chi connectivity index (χ0) is 11.2. The SMILES string of the molecule is Cc1cccc(CCC2=NCC=CCN2)c1. The van der Waals surface area contributed by atoms with Crippen LogP contribution in [0.25, 0.3) is 0 Å². The van der Waals surface area contributed by atoms with Gasteiger partial charge in [-0.25, -0.2) is 0 Å². The highest BCUT2D eigenvalue weighted by atomic mass is 15.0. The molecule has 2 heteroatoms. The lowest BCUT2D eigenvalue weighted by atomic mass is 10.1. The Morgan fingerprint density at radius 1 is 1.25 bits per heavy atom. The second-order valence-electron chi connectivity index (χ2n) is 4.13. The number of aliphatic imine (C=N–C) groups is 1.